The minimum atomic E-state index is -0.494. The maximum Gasteiger partial charge on any atom is 0.270 e. The topological polar surface area (TPSA) is 84.7 Å². The molecule has 0 spiro atoms. The molecule has 1 unspecified atom stereocenters. The zero-order chi connectivity index (χ0) is 16.3. The van der Waals surface area contributed by atoms with Gasteiger partial charge in [0.2, 0.25) is 0 Å². The number of benzene rings is 1. The quantitative estimate of drug-likeness (QED) is 0.679. The summed E-state index contributed by atoms with van der Waals surface area (Å²) in [4.78, 5) is 24.6. The molecule has 1 aromatic carbocycles. The number of nitro benzene ring substituents is 1. The Labute approximate surface area is 129 Å². The summed E-state index contributed by atoms with van der Waals surface area (Å²) < 4.78 is 5.80. The molecule has 2 rings (SSSR count). The number of hydrogen-bond donors (Lipinski definition) is 1. The summed E-state index contributed by atoms with van der Waals surface area (Å²) in [6, 6.07) is 4.40. The van der Waals surface area contributed by atoms with Crippen LogP contribution in [0, 0.1) is 10.1 Å². The van der Waals surface area contributed by atoms with Gasteiger partial charge in [-0.15, -0.1) is 0 Å². The highest BCUT2D eigenvalue weighted by atomic mass is 16.6. The first-order chi connectivity index (χ1) is 10.4. The van der Waals surface area contributed by atoms with Crippen molar-refractivity contribution in [1.29, 1.82) is 0 Å². The zero-order valence-corrected chi connectivity index (χ0v) is 13.1. The van der Waals surface area contributed by atoms with Crippen LogP contribution in [0.3, 0.4) is 0 Å². The molecule has 1 aromatic rings. The number of anilines is 1. The summed E-state index contributed by atoms with van der Waals surface area (Å²) in [5, 5.41) is 13.5. The maximum atomic E-state index is 12.1. The Hall–Kier alpha value is -2.15. The number of nitrogens with zero attached hydrogens (tertiary/aromatic N) is 2. The summed E-state index contributed by atoms with van der Waals surface area (Å²) in [6.07, 6.45) is 0.853. The molecule has 0 radical (unpaired) electrons. The lowest BCUT2D eigenvalue weighted by Crippen LogP contribution is -2.50. The van der Waals surface area contributed by atoms with Crippen LogP contribution in [0.4, 0.5) is 11.4 Å². The Bertz CT molecular complexity index is 590. The first kappa shape index (κ1) is 16.2. The van der Waals surface area contributed by atoms with Crippen molar-refractivity contribution in [3.8, 4) is 0 Å². The number of hydrogen-bond acceptors (Lipinski definition) is 5. The SMILES string of the molecule is CCC1(C)CN(c2ccc([N+](=O)[O-])cc2C(=O)NC)CCO1. The third-order valence-corrected chi connectivity index (χ3v) is 4.09. The summed E-state index contributed by atoms with van der Waals surface area (Å²) in [6.45, 7) is 5.94. The van der Waals surface area contributed by atoms with E-state index in [1.54, 1.807) is 6.07 Å². The Kier molecular flexibility index (Phi) is 4.65. The van der Waals surface area contributed by atoms with Crippen LogP contribution < -0.4 is 10.2 Å². The predicted octanol–water partition coefficient (Wildman–Crippen LogP) is 1.96. The number of non-ortho nitro benzene ring substituents is 1. The number of carbonyl (C=O) groups excluding carboxylic acids is 1. The summed E-state index contributed by atoms with van der Waals surface area (Å²) >= 11 is 0. The molecule has 1 aliphatic heterocycles. The minimum absolute atomic E-state index is 0.0890. The number of nitrogens with one attached hydrogen (secondary N) is 1. The Balaban J connectivity index is 2.41. The average molecular weight is 307 g/mol. The normalized spacial score (nSPS) is 21.5. The zero-order valence-electron chi connectivity index (χ0n) is 13.1. The second kappa shape index (κ2) is 6.31. The smallest absolute Gasteiger partial charge is 0.270 e. The van der Waals surface area contributed by atoms with Gasteiger partial charge in [-0.05, 0) is 19.4 Å². The van der Waals surface area contributed by atoms with Gasteiger partial charge in [0.25, 0.3) is 11.6 Å². The van der Waals surface area contributed by atoms with Gasteiger partial charge in [0.1, 0.15) is 0 Å². The molecule has 1 saturated heterocycles. The van der Waals surface area contributed by atoms with Gasteiger partial charge >= 0.3 is 0 Å². The highest BCUT2D eigenvalue weighted by Gasteiger charge is 2.32. The van der Waals surface area contributed by atoms with Gasteiger partial charge in [0, 0.05) is 32.3 Å². The Morgan fingerprint density at radius 3 is 2.86 bits per heavy atom. The van der Waals surface area contributed by atoms with E-state index >= 15 is 0 Å². The second-order valence-electron chi connectivity index (χ2n) is 5.61. The number of carbonyl (C=O) groups is 1. The molecule has 1 fully saturated rings. The van der Waals surface area contributed by atoms with E-state index in [1.165, 1.54) is 19.2 Å². The molecule has 0 aromatic heterocycles. The van der Waals surface area contributed by atoms with E-state index in [0.29, 0.717) is 30.9 Å². The molecule has 22 heavy (non-hydrogen) atoms. The molecule has 1 atom stereocenters. The van der Waals surface area contributed by atoms with Crippen molar-refractivity contribution in [3.63, 3.8) is 0 Å². The molecule has 0 saturated carbocycles. The molecule has 1 heterocycles. The van der Waals surface area contributed by atoms with E-state index in [0.717, 1.165) is 6.42 Å². The van der Waals surface area contributed by atoms with Crippen LogP contribution >= 0.6 is 0 Å². The summed E-state index contributed by atoms with van der Waals surface area (Å²) in [7, 11) is 1.51. The fraction of sp³-hybridized carbons (Fsp3) is 0.533. The van der Waals surface area contributed by atoms with Crippen LogP contribution in [-0.4, -0.2) is 43.2 Å². The molecule has 7 heteroatoms. The fourth-order valence-corrected chi connectivity index (χ4v) is 2.58. The third-order valence-electron chi connectivity index (χ3n) is 4.09. The second-order valence-corrected chi connectivity index (χ2v) is 5.61. The lowest BCUT2D eigenvalue weighted by molar-refractivity contribution is -0.384. The van der Waals surface area contributed by atoms with Crippen LogP contribution in [0.2, 0.25) is 0 Å². The highest BCUT2D eigenvalue weighted by Crippen LogP contribution is 2.30. The molecule has 1 amide bonds. The summed E-state index contributed by atoms with van der Waals surface area (Å²) in [5.74, 6) is -0.330. The minimum Gasteiger partial charge on any atom is -0.372 e. The lowest BCUT2D eigenvalue weighted by atomic mass is 9.99. The molecule has 0 bridgehead atoms. The lowest BCUT2D eigenvalue weighted by Gasteiger charge is -2.41. The van der Waals surface area contributed by atoms with Gasteiger partial charge in [-0.1, -0.05) is 6.92 Å². The van der Waals surface area contributed by atoms with Gasteiger partial charge in [-0.2, -0.15) is 0 Å². The van der Waals surface area contributed by atoms with Crippen LogP contribution in [0.25, 0.3) is 0 Å². The number of ether oxygens (including phenoxy) is 1. The van der Waals surface area contributed by atoms with Gasteiger partial charge < -0.3 is 15.0 Å². The van der Waals surface area contributed by atoms with E-state index in [-0.39, 0.29) is 17.2 Å². The van der Waals surface area contributed by atoms with Crippen LogP contribution in [0.15, 0.2) is 18.2 Å². The van der Waals surface area contributed by atoms with Crippen molar-refractivity contribution in [2.24, 2.45) is 0 Å². The van der Waals surface area contributed by atoms with Crippen molar-refractivity contribution in [1.82, 2.24) is 5.32 Å². The first-order valence-corrected chi connectivity index (χ1v) is 7.29. The van der Waals surface area contributed by atoms with Crippen molar-refractivity contribution < 1.29 is 14.5 Å². The van der Waals surface area contributed by atoms with E-state index in [9.17, 15) is 14.9 Å². The van der Waals surface area contributed by atoms with Crippen molar-refractivity contribution in [2.75, 3.05) is 31.6 Å². The number of morpholine rings is 1. The highest BCUT2D eigenvalue weighted by molar-refractivity contribution is 6.00. The predicted molar refractivity (Wildman–Crippen MR) is 83.3 cm³/mol. The fourth-order valence-electron chi connectivity index (χ4n) is 2.58. The first-order valence-electron chi connectivity index (χ1n) is 7.29. The third kappa shape index (κ3) is 3.19. The number of nitro groups is 1. The Morgan fingerprint density at radius 2 is 2.27 bits per heavy atom. The maximum absolute atomic E-state index is 12.1. The van der Waals surface area contributed by atoms with Crippen molar-refractivity contribution >= 4 is 17.3 Å². The average Bonchev–Trinajstić information content (AvgIpc) is 2.53. The monoisotopic (exact) mass is 307 g/mol. The van der Waals surface area contributed by atoms with Gasteiger partial charge in [0.15, 0.2) is 0 Å². The number of amides is 1. The molecular formula is C15H21N3O4. The van der Waals surface area contributed by atoms with E-state index in [4.69, 9.17) is 4.74 Å². The molecule has 120 valence electrons. The van der Waals surface area contributed by atoms with Crippen LogP contribution in [0.5, 0.6) is 0 Å². The Morgan fingerprint density at radius 1 is 1.55 bits per heavy atom. The standard InChI is InChI=1S/C15H21N3O4/c1-4-15(2)10-17(7-8-22-15)13-6-5-11(18(20)21)9-12(13)14(19)16-3/h5-6,9H,4,7-8,10H2,1-3H3,(H,16,19). The molecular weight excluding hydrogens is 286 g/mol. The van der Waals surface area contributed by atoms with Gasteiger partial charge in [-0.3, -0.25) is 14.9 Å². The van der Waals surface area contributed by atoms with E-state index < -0.39 is 4.92 Å². The van der Waals surface area contributed by atoms with Crippen LogP contribution in [-0.2, 0) is 4.74 Å². The number of rotatable bonds is 4. The van der Waals surface area contributed by atoms with E-state index in [1.807, 2.05) is 6.92 Å². The molecule has 1 N–H and O–H groups in total. The largest absolute Gasteiger partial charge is 0.372 e. The molecule has 0 aliphatic carbocycles. The van der Waals surface area contributed by atoms with E-state index in [2.05, 4.69) is 17.1 Å². The van der Waals surface area contributed by atoms with Gasteiger partial charge in [-0.25, -0.2) is 0 Å². The molecule has 1 aliphatic rings. The van der Waals surface area contributed by atoms with Gasteiger partial charge in [0.05, 0.1) is 28.4 Å². The summed E-state index contributed by atoms with van der Waals surface area (Å²) in [5.41, 5.74) is 0.652. The van der Waals surface area contributed by atoms with Crippen molar-refractivity contribution in [3.05, 3.63) is 33.9 Å². The molecule has 7 nitrogen and oxygen atoms in total. The van der Waals surface area contributed by atoms with Crippen molar-refractivity contribution in [2.45, 2.75) is 25.9 Å². The van der Waals surface area contributed by atoms with Crippen LogP contribution in [0.1, 0.15) is 30.6 Å².